The highest BCUT2D eigenvalue weighted by Gasteiger charge is 2.18. The molecule has 0 saturated heterocycles. The number of benzene rings is 2. The predicted molar refractivity (Wildman–Crippen MR) is 127 cm³/mol. The molecule has 2 rings (SSSR count). The van der Waals surface area contributed by atoms with Crippen LogP contribution in [0.5, 0.6) is 11.5 Å². The molecule has 0 saturated carbocycles. The molecule has 0 radical (unpaired) electrons. The predicted octanol–water partition coefficient (Wildman–Crippen LogP) is 5.43. The molecule has 0 unspecified atom stereocenters. The smallest absolute Gasteiger partial charge is 0.412 e. The molecule has 0 aliphatic rings. The van der Waals surface area contributed by atoms with Gasteiger partial charge in [-0.2, -0.15) is 0 Å². The Morgan fingerprint density at radius 3 is 2.24 bits per heavy atom. The second-order valence-electron chi connectivity index (χ2n) is 8.39. The maximum atomic E-state index is 12.4. The molecule has 2 aromatic carbocycles. The van der Waals surface area contributed by atoms with E-state index in [1.807, 2.05) is 6.92 Å². The number of hydrogen-bond donors (Lipinski definition) is 2. The first-order valence-electron chi connectivity index (χ1n) is 10.8. The Morgan fingerprint density at radius 1 is 0.939 bits per heavy atom. The van der Waals surface area contributed by atoms with Gasteiger partial charge in [0.05, 0.1) is 19.4 Å². The van der Waals surface area contributed by atoms with Crippen molar-refractivity contribution in [1.29, 1.82) is 0 Å². The van der Waals surface area contributed by atoms with Gasteiger partial charge in [0, 0.05) is 24.1 Å². The van der Waals surface area contributed by atoms with Crippen molar-refractivity contribution in [3.63, 3.8) is 0 Å². The molecule has 0 fully saturated rings. The highest BCUT2D eigenvalue weighted by Crippen LogP contribution is 2.28. The van der Waals surface area contributed by atoms with Crippen LogP contribution in [0.4, 0.5) is 16.2 Å². The maximum Gasteiger partial charge on any atom is 0.412 e. The number of carbonyl (C=O) groups is 3. The summed E-state index contributed by atoms with van der Waals surface area (Å²) in [6.45, 7) is 7.92. The number of ketones is 1. The lowest BCUT2D eigenvalue weighted by Gasteiger charge is -2.20. The topological polar surface area (TPSA) is 103 Å². The Morgan fingerprint density at radius 2 is 1.64 bits per heavy atom. The van der Waals surface area contributed by atoms with Crippen LogP contribution in [0.2, 0.25) is 0 Å². The van der Waals surface area contributed by atoms with Gasteiger partial charge in [-0.1, -0.05) is 6.92 Å². The lowest BCUT2D eigenvalue weighted by atomic mass is 10.1. The molecule has 178 valence electrons. The van der Waals surface area contributed by atoms with Crippen LogP contribution in [0, 0.1) is 0 Å². The Bertz CT molecular complexity index is 964. The first-order valence-corrected chi connectivity index (χ1v) is 10.8. The fraction of sp³-hybridized carbons (Fsp3) is 0.400. The quantitative estimate of drug-likeness (QED) is 0.462. The number of methoxy groups -OCH3 is 1. The van der Waals surface area contributed by atoms with Gasteiger partial charge < -0.3 is 19.5 Å². The number of carbonyl (C=O) groups excluding carboxylic acids is 3. The molecular weight excluding hydrogens is 424 g/mol. The Labute approximate surface area is 194 Å². The normalized spacial score (nSPS) is 10.8. The Hall–Kier alpha value is -3.55. The fourth-order valence-corrected chi connectivity index (χ4v) is 2.85. The molecule has 2 amide bonds. The summed E-state index contributed by atoms with van der Waals surface area (Å²) in [5.41, 5.74) is 0.682. The van der Waals surface area contributed by atoms with Crippen LogP contribution in [0.3, 0.4) is 0 Å². The molecule has 0 heterocycles. The number of rotatable bonds is 10. The molecule has 0 spiro atoms. The largest absolute Gasteiger partial charge is 0.495 e. The van der Waals surface area contributed by atoms with E-state index >= 15 is 0 Å². The van der Waals surface area contributed by atoms with Crippen LogP contribution in [0.1, 0.15) is 57.3 Å². The monoisotopic (exact) mass is 456 g/mol. The van der Waals surface area contributed by atoms with Crippen LogP contribution in [0.15, 0.2) is 42.5 Å². The van der Waals surface area contributed by atoms with E-state index in [0.29, 0.717) is 35.0 Å². The van der Waals surface area contributed by atoms with Gasteiger partial charge >= 0.3 is 6.09 Å². The van der Waals surface area contributed by atoms with Crippen LogP contribution >= 0.6 is 0 Å². The van der Waals surface area contributed by atoms with E-state index in [1.54, 1.807) is 63.2 Å². The highest BCUT2D eigenvalue weighted by molar-refractivity contribution is 6.00. The van der Waals surface area contributed by atoms with Gasteiger partial charge in [-0.15, -0.1) is 0 Å². The Balaban J connectivity index is 1.93. The average molecular weight is 457 g/mol. The molecule has 2 aromatic rings. The fourth-order valence-electron chi connectivity index (χ4n) is 2.85. The van der Waals surface area contributed by atoms with Gasteiger partial charge in [0.2, 0.25) is 5.91 Å². The molecule has 0 aromatic heterocycles. The third kappa shape index (κ3) is 8.84. The number of amides is 2. The van der Waals surface area contributed by atoms with E-state index in [0.717, 1.165) is 6.42 Å². The molecule has 33 heavy (non-hydrogen) atoms. The van der Waals surface area contributed by atoms with Crippen molar-refractivity contribution in [1.82, 2.24) is 0 Å². The molecule has 0 aliphatic carbocycles. The molecule has 2 N–H and O–H groups in total. The van der Waals surface area contributed by atoms with E-state index in [-0.39, 0.29) is 24.5 Å². The van der Waals surface area contributed by atoms with Crippen molar-refractivity contribution in [3.8, 4) is 11.5 Å². The van der Waals surface area contributed by atoms with Crippen molar-refractivity contribution in [2.45, 2.75) is 52.6 Å². The van der Waals surface area contributed by atoms with E-state index in [2.05, 4.69) is 10.6 Å². The molecule has 0 atom stereocenters. The van der Waals surface area contributed by atoms with Gasteiger partial charge in [0.1, 0.15) is 17.1 Å². The standard InChI is InChI=1S/C25H32N2O6/c1-6-15-32-19-10-7-17(8-11-19)21(28)12-14-23(29)26-18-9-13-22(31-5)20(16-18)27-24(30)33-25(2,3)4/h7-11,13,16H,6,12,14-15H2,1-5H3,(H,26,29)(H,27,30). The summed E-state index contributed by atoms with van der Waals surface area (Å²) in [5.74, 6) is 0.677. The Kier molecular flexibility index (Phi) is 9.27. The zero-order valence-corrected chi connectivity index (χ0v) is 19.8. The molecule has 8 nitrogen and oxygen atoms in total. The summed E-state index contributed by atoms with van der Waals surface area (Å²) in [6, 6.07) is 11.7. The number of hydrogen-bond acceptors (Lipinski definition) is 6. The van der Waals surface area contributed by atoms with Gasteiger partial charge in [0.15, 0.2) is 5.78 Å². The van der Waals surface area contributed by atoms with Crippen LogP contribution in [-0.2, 0) is 9.53 Å². The summed E-state index contributed by atoms with van der Waals surface area (Å²) in [7, 11) is 1.47. The molecule has 0 bridgehead atoms. The van der Waals surface area contributed by atoms with Crippen molar-refractivity contribution >= 4 is 29.2 Å². The summed E-state index contributed by atoms with van der Waals surface area (Å²) < 4.78 is 16.0. The third-order valence-corrected chi connectivity index (χ3v) is 4.35. The van der Waals surface area contributed by atoms with E-state index < -0.39 is 11.7 Å². The van der Waals surface area contributed by atoms with E-state index in [9.17, 15) is 14.4 Å². The molecule has 8 heteroatoms. The van der Waals surface area contributed by atoms with Crippen molar-refractivity contribution in [2.75, 3.05) is 24.4 Å². The molecule has 0 aliphatic heterocycles. The zero-order valence-electron chi connectivity index (χ0n) is 19.8. The second-order valence-corrected chi connectivity index (χ2v) is 8.39. The number of anilines is 2. The van der Waals surface area contributed by atoms with Crippen molar-refractivity contribution < 1.29 is 28.6 Å². The first kappa shape index (κ1) is 25.7. The minimum atomic E-state index is -0.654. The SMILES string of the molecule is CCCOc1ccc(C(=O)CCC(=O)Nc2ccc(OC)c(NC(=O)OC(C)(C)C)c2)cc1. The summed E-state index contributed by atoms with van der Waals surface area (Å²) in [5, 5.41) is 5.35. The maximum absolute atomic E-state index is 12.4. The van der Waals surface area contributed by atoms with E-state index in [1.165, 1.54) is 7.11 Å². The van der Waals surface area contributed by atoms with Gasteiger partial charge in [-0.25, -0.2) is 4.79 Å². The van der Waals surface area contributed by atoms with Gasteiger partial charge in [0.25, 0.3) is 0 Å². The van der Waals surface area contributed by atoms with Gasteiger partial charge in [-0.3, -0.25) is 14.9 Å². The lowest BCUT2D eigenvalue weighted by Crippen LogP contribution is -2.27. The van der Waals surface area contributed by atoms with Crippen LogP contribution in [0.25, 0.3) is 0 Å². The number of Topliss-reactive ketones (excluding diaryl/α,β-unsaturated/α-hetero) is 1. The van der Waals surface area contributed by atoms with Crippen LogP contribution < -0.4 is 20.1 Å². The lowest BCUT2D eigenvalue weighted by molar-refractivity contribution is -0.116. The summed E-state index contributed by atoms with van der Waals surface area (Å²) in [4.78, 5) is 36.9. The number of ether oxygens (including phenoxy) is 3. The van der Waals surface area contributed by atoms with E-state index in [4.69, 9.17) is 14.2 Å². The van der Waals surface area contributed by atoms with Crippen molar-refractivity contribution in [2.24, 2.45) is 0 Å². The number of nitrogens with one attached hydrogen (secondary N) is 2. The second kappa shape index (κ2) is 11.9. The van der Waals surface area contributed by atoms with Crippen molar-refractivity contribution in [3.05, 3.63) is 48.0 Å². The zero-order chi connectivity index (χ0) is 24.4. The average Bonchev–Trinajstić information content (AvgIpc) is 2.75. The minimum absolute atomic E-state index is 0.0216. The summed E-state index contributed by atoms with van der Waals surface area (Å²) >= 11 is 0. The van der Waals surface area contributed by atoms with Gasteiger partial charge in [-0.05, 0) is 69.7 Å². The highest BCUT2D eigenvalue weighted by atomic mass is 16.6. The third-order valence-electron chi connectivity index (χ3n) is 4.35. The first-order chi connectivity index (χ1) is 15.6. The summed E-state index contributed by atoms with van der Waals surface area (Å²) in [6.07, 6.45) is 0.359. The van der Waals surface area contributed by atoms with Crippen LogP contribution in [-0.4, -0.2) is 37.1 Å². The minimum Gasteiger partial charge on any atom is -0.495 e. The molecular formula is C25H32N2O6.